The average Bonchev–Trinajstić information content (AvgIpc) is 2.96. The zero-order chi connectivity index (χ0) is 16.9. The molecule has 5 heteroatoms. The third-order valence-corrected chi connectivity index (χ3v) is 4.65. The lowest BCUT2D eigenvalue weighted by Crippen LogP contribution is -2.30. The van der Waals surface area contributed by atoms with Gasteiger partial charge in [-0.1, -0.05) is 18.2 Å². The summed E-state index contributed by atoms with van der Waals surface area (Å²) in [5.74, 6) is 0.122. The molecular formula is C19H24N2O3. The van der Waals surface area contributed by atoms with Crippen LogP contribution in [0.4, 0.5) is 0 Å². The van der Waals surface area contributed by atoms with Crippen molar-refractivity contribution in [1.29, 1.82) is 0 Å². The minimum absolute atomic E-state index is 0.0598. The number of amides is 1. The Labute approximate surface area is 142 Å². The van der Waals surface area contributed by atoms with Crippen molar-refractivity contribution >= 4 is 16.8 Å². The molecule has 1 saturated heterocycles. The van der Waals surface area contributed by atoms with Gasteiger partial charge in [-0.05, 0) is 31.0 Å². The number of hydrogen-bond acceptors (Lipinski definition) is 4. The number of aromatic nitrogens is 1. The van der Waals surface area contributed by atoms with E-state index in [-0.39, 0.29) is 11.8 Å². The fourth-order valence-corrected chi connectivity index (χ4v) is 3.34. The first kappa shape index (κ1) is 16.9. The van der Waals surface area contributed by atoms with Crippen molar-refractivity contribution in [3.63, 3.8) is 0 Å². The van der Waals surface area contributed by atoms with Gasteiger partial charge < -0.3 is 14.7 Å². The number of para-hydroxylation sites is 1. The number of fused-ring (bicyclic) bond motifs is 1. The van der Waals surface area contributed by atoms with Crippen LogP contribution in [-0.2, 0) is 16.0 Å². The molecule has 1 N–H and O–H groups in total. The zero-order valence-electron chi connectivity index (χ0n) is 14.0. The Bertz CT molecular complexity index is 699. The van der Waals surface area contributed by atoms with Crippen LogP contribution in [0.5, 0.6) is 0 Å². The number of aliphatic hydroxyl groups is 1. The molecule has 5 nitrogen and oxygen atoms in total. The molecular weight excluding hydrogens is 304 g/mol. The van der Waals surface area contributed by atoms with E-state index in [0.717, 1.165) is 17.3 Å². The molecule has 1 aromatic heterocycles. The van der Waals surface area contributed by atoms with Crippen LogP contribution in [0.15, 0.2) is 36.5 Å². The second-order valence-electron chi connectivity index (χ2n) is 6.26. The molecule has 3 rings (SSSR count). The van der Waals surface area contributed by atoms with Gasteiger partial charge in [0.05, 0.1) is 24.6 Å². The Morgan fingerprint density at radius 1 is 1.33 bits per heavy atom. The largest absolute Gasteiger partial charge is 0.391 e. The lowest BCUT2D eigenvalue weighted by molar-refractivity contribution is -0.131. The first-order chi connectivity index (χ1) is 11.7. The minimum atomic E-state index is -0.479. The van der Waals surface area contributed by atoms with E-state index in [0.29, 0.717) is 32.7 Å². The molecule has 0 bridgehead atoms. The first-order valence-corrected chi connectivity index (χ1v) is 8.55. The number of aliphatic hydroxyl groups excluding tert-OH is 1. The maximum Gasteiger partial charge on any atom is 0.224 e. The van der Waals surface area contributed by atoms with Gasteiger partial charge in [-0.3, -0.25) is 9.78 Å². The summed E-state index contributed by atoms with van der Waals surface area (Å²) < 4.78 is 5.24. The smallest absolute Gasteiger partial charge is 0.224 e. The molecule has 1 aliphatic heterocycles. The van der Waals surface area contributed by atoms with Crippen molar-refractivity contribution in [2.24, 2.45) is 5.92 Å². The average molecular weight is 328 g/mol. The number of pyridine rings is 1. The number of carbonyl (C=O) groups is 1. The standard InChI is InChI=1S/C19H24N2O3/c1-2-24-10-8-19(23)21-12-15(18(22)13-21)11-14-7-9-20-17-6-4-3-5-16(14)17/h3-7,9,15,18,22H,2,8,10-13H2,1H3/t15-,18+/m1/s1. The van der Waals surface area contributed by atoms with Crippen LogP contribution >= 0.6 is 0 Å². The van der Waals surface area contributed by atoms with Crippen molar-refractivity contribution in [2.45, 2.75) is 25.9 Å². The molecule has 128 valence electrons. The molecule has 0 aliphatic carbocycles. The molecule has 2 heterocycles. The van der Waals surface area contributed by atoms with Crippen molar-refractivity contribution in [2.75, 3.05) is 26.3 Å². The van der Waals surface area contributed by atoms with Gasteiger partial charge in [0, 0.05) is 37.2 Å². The number of nitrogens with zero attached hydrogens (tertiary/aromatic N) is 2. The van der Waals surface area contributed by atoms with Crippen LogP contribution in [0.2, 0.25) is 0 Å². The summed E-state index contributed by atoms with van der Waals surface area (Å²) >= 11 is 0. The summed E-state index contributed by atoms with van der Waals surface area (Å²) in [5.41, 5.74) is 2.14. The van der Waals surface area contributed by atoms with Gasteiger partial charge in [0.1, 0.15) is 0 Å². The molecule has 1 amide bonds. The maximum atomic E-state index is 12.2. The highest BCUT2D eigenvalue weighted by atomic mass is 16.5. The van der Waals surface area contributed by atoms with Gasteiger partial charge in [0.15, 0.2) is 0 Å². The number of ether oxygens (including phenoxy) is 1. The van der Waals surface area contributed by atoms with Crippen LogP contribution in [0.3, 0.4) is 0 Å². The van der Waals surface area contributed by atoms with E-state index in [1.165, 1.54) is 5.56 Å². The lowest BCUT2D eigenvalue weighted by atomic mass is 9.94. The van der Waals surface area contributed by atoms with E-state index in [2.05, 4.69) is 11.1 Å². The monoisotopic (exact) mass is 328 g/mol. The second-order valence-corrected chi connectivity index (χ2v) is 6.26. The van der Waals surface area contributed by atoms with Crippen LogP contribution in [0.25, 0.3) is 10.9 Å². The molecule has 0 unspecified atom stereocenters. The fourth-order valence-electron chi connectivity index (χ4n) is 3.34. The number of hydrogen-bond donors (Lipinski definition) is 1. The summed E-state index contributed by atoms with van der Waals surface area (Å²) in [4.78, 5) is 18.3. The number of rotatable bonds is 6. The van der Waals surface area contributed by atoms with Crippen LogP contribution in [0, 0.1) is 5.92 Å². The Kier molecular flexibility index (Phi) is 5.43. The minimum Gasteiger partial charge on any atom is -0.391 e. The van der Waals surface area contributed by atoms with Crippen molar-refractivity contribution < 1.29 is 14.6 Å². The van der Waals surface area contributed by atoms with E-state index >= 15 is 0 Å². The Morgan fingerprint density at radius 2 is 2.17 bits per heavy atom. The molecule has 0 radical (unpaired) electrons. The van der Waals surface area contributed by atoms with Crippen LogP contribution in [0.1, 0.15) is 18.9 Å². The highest BCUT2D eigenvalue weighted by Crippen LogP contribution is 2.25. The van der Waals surface area contributed by atoms with E-state index in [4.69, 9.17) is 4.74 Å². The SMILES string of the molecule is CCOCCC(=O)N1C[C@@H](Cc2ccnc3ccccc23)[C@@H](O)C1. The first-order valence-electron chi connectivity index (χ1n) is 8.55. The summed E-state index contributed by atoms with van der Waals surface area (Å²) in [5, 5.41) is 11.5. The lowest BCUT2D eigenvalue weighted by Gasteiger charge is -2.16. The molecule has 2 atom stereocenters. The van der Waals surface area contributed by atoms with Gasteiger partial charge in [0.2, 0.25) is 5.91 Å². The van der Waals surface area contributed by atoms with Gasteiger partial charge in [0.25, 0.3) is 0 Å². The Morgan fingerprint density at radius 3 is 3.00 bits per heavy atom. The highest BCUT2D eigenvalue weighted by Gasteiger charge is 2.33. The molecule has 2 aromatic rings. The molecule has 0 spiro atoms. The van der Waals surface area contributed by atoms with Crippen LogP contribution < -0.4 is 0 Å². The molecule has 1 fully saturated rings. The third-order valence-electron chi connectivity index (χ3n) is 4.65. The second kappa shape index (κ2) is 7.73. The van der Waals surface area contributed by atoms with Gasteiger partial charge >= 0.3 is 0 Å². The summed E-state index contributed by atoms with van der Waals surface area (Å²) in [6.07, 6.45) is 2.46. The van der Waals surface area contributed by atoms with Gasteiger partial charge in [-0.15, -0.1) is 0 Å². The number of benzene rings is 1. The maximum absolute atomic E-state index is 12.2. The normalized spacial score (nSPS) is 20.7. The number of carbonyl (C=O) groups excluding carboxylic acids is 1. The quantitative estimate of drug-likeness (QED) is 0.824. The van der Waals surface area contributed by atoms with E-state index in [1.807, 2.05) is 37.4 Å². The zero-order valence-corrected chi connectivity index (χ0v) is 14.0. The van der Waals surface area contributed by atoms with E-state index in [1.54, 1.807) is 4.90 Å². The number of β-amino-alcohol motifs (C(OH)–C–C–N with tert-alkyl or cyclic N) is 1. The summed E-state index contributed by atoms with van der Waals surface area (Å²) in [7, 11) is 0. The number of likely N-dealkylation sites (tertiary alicyclic amines) is 1. The predicted octanol–water partition coefficient (Wildman–Crippen LogP) is 2.02. The van der Waals surface area contributed by atoms with Crippen molar-refractivity contribution in [3.8, 4) is 0 Å². The Balaban J connectivity index is 1.66. The Hall–Kier alpha value is -1.98. The van der Waals surface area contributed by atoms with Gasteiger partial charge in [-0.2, -0.15) is 0 Å². The van der Waals surface area contributed by atoms with E-state index in [9.17, 15) is 9.90 Å². The summed E-state index contributed by atoms with van der Waals surface area (Å²) in [6, 6.07) is 10.0. The molecule has 24 heavy (non-hydrogen) atoms. The van der Waals surface area contributed by atoms with Gasteiger partial charge in [-0.25, -0.2) is 0 Å². The summed E-state index contributed by atoms with van der Waals surface area (Å²) in [6.45, 7) is 4.00. The van der Waals surface area contributed by atoms with E-state index < -0.39 is 6.10 Å². The van der Waals surface area contributed by atoms with Crippen LogP contribution in [-0.4, -0.2) is 53.3 Å². The molecule has 1 aliphatic rings. The topological polar surface area (TPSA) is 62.7 Å². The molecule has 0 saturated carbocycles. The van der Waals surface area contributed by atoms with Crippen molar-refractivity contribution in [1.82, 2.24) is 9.88 Å². The fraction of sp³-hybridized carbons (Fsp3) is 0.474. The third kappa shape index (κ3) is 3.74. The van der Waals surface area contributed by atoms with Crippen molar-refractivity contribution in [3.05, 3.63) is 42.1 Å². The molecule has 1 aromatic carbocycles. The highest BCUT2D eigenvalue weighted by molar-refractivity contribution is 5.82. The predicted molar refractivity (Wildman–Crippen MR) is 92.6 cm³/mol.